The van der Waals surface area contributed by atoms with Crippen molar-refractivity contribution in [3.63, 3.8) is 0 Å². The minimum Gasteiger partial charge on any atom is -0.493 e. The second kappa shape index (κ2) is 22.7. The molecule has 6 rings (SSSR count). The van der Waals surface area contributed by atoms with Crippen molar-refractivity contribution in [1.29, 1.82) is 0 Å². The van der Waals surface area contributed by atoms with Crippen LogP contribution in [0, 0.1) is 0 Å². The summed E-state index contributed by atoms with van der Waals surface area (Å²) in [5.41, 5.74) is 3.09. The van der Waals surface area contributed by atoms with E-state index in [1.807, 2.05) is 6.07 Å². The molecule has 4 aliphatic rings. The molecule has 2 aromatic carbocycles. The van der Waals surface area contributed by atoms with E-state index in [1.165, 1.54) is 7.11 Å². The number of hydrogen-bond donors (Lipinski definition) is 0. The fourth-order valence-electron chi connectivity index (χ4n) is 8.95. The molecule has 11 atom stereocenters. The van der Waals surface area contributed by atoms with Gasteiger partial charge in [-0.2, -0.15) is 0 Å². The molecular weight excluding hydrogens is 931 g/mol. The average molecular weight is 986 g/mol. The Morgan fingerprint density at radius 1 is 0.586 bits per heavy atom. The first-order valence-corrected chi connectivity index (χ1v) is 22.2. The maximum atomic E-state index is 12.7. The Morgan fingerprint density at radius 2 is 1.06 bits per heavy atom. The predicted octanol–water partition coefficient (Wildman–Crippen LogP) is 2.09. The smallest absolute Gasteiger partial charge is 0.303 e. The lowest BCUT2D eigenvalue weighted by Gasteiger charge is -2.45. The van der Waals surface area contributed by atoms with Crippen LogP contribution in [0.5, 0.6) is 17.2 Å². The quantitative estimate of drug-likeness (QED) is 0.132. The minimum atomic E-state index is -1.62. The maximum absolute atomic E-state index is 12.7. The Hall–Kier alpha value is -6.85. The highest BCUT2D eigenvalue weighted by Crippen LogP contribution is 2.46. The molecule has 2 aromatic rings. The third-order valence-electron chi connectivity index (χ3n) is 11.6. The van der Waals surface area contributed by atoms with Crippen molar-refractivity contribution in [2.24, 2.45) is 0 Å². The summed E-state index contributed by atoms with van der Waals surface area (Å²) in [5.74, 6) is -5.89. The molecule has 4 aliphatic heterocycles. The Bertz CT molecular complexity index is 2370. The second-order valence-electron chi connectivity index (χ2n) is 16.8. The largest absolute Gasteiger partial charge is 0.493 e. The van der Waals surface area contributed by atoms with Gasteiger partial charge in [0.2, 0.25) is 24.8 Å². The normalized spacial score (nSPS) is 26.7. The monoisotopic (exact) mass is 985 g/mol. The van der Waals surface area contributed by atoms with E-state index >= 15 is 0 Å². The van der Waals surface area contributed by atoms with Gasteiger partial charge in [0.05, 0.1) is 12.7 Å². The number of esters is 8. The van der Waals surface area contributed by atoms with Crippen LogP contribution in [-0.4, -0.2) is 147 Å². The first-order valence-electron chi connectivity index (χ1n) is 22.2. The predicted molar refractivity (Wildman–Crippen MR) is 231 cm³/mol. The topological polar surface area (TPSA) is 277 Å². The third kappa shape index (κ3) is 12.5. The van der Waals surface area contributed by atoms with E-state index in [9.17, 15) is 43.2 Å². The zero-order valence-electron chi connectivity index (χ0n) is 39.9. The summed E-state index contributed by atoms with van der Waals surface area (Å²) < 4.78 is 75.0. The standard InChI is InChI=1S/C47H55NO22/c1-21(50)59-19-37-40(61-23(3)52)42(63-25(5)54)44(65-27(7)56)46(68-37)67-36-16-32-30(14-31(36)18-49)12-13-48-17-33-29(15-34(32)48)10-11-35(58-9)39(33)70-47-45(66-28(8)57)43(64-26(6)55)41(62-24(4)53)38(69-47)20-60-22(2)51/h10-11,14,16,18,34,37-38,40-47H,12-13,15,17,19-20H2,1-9H3/t34-,37?,38?,40?,41?,42?,43?,44?,45?,46?,47?/m0/s1. The van der Waals surface area contributed by atoms with Crippen LogP contribution >= 0.6 is 0 Å². The fraction of sp³-hybridized carbons (Fsp3) is 0.553. The maximum Gasteiger partial charge on any atom is 0.303 e. The second-order valence-corrected chi connectivity index (χ2v) is 16.8. The molecule has 0 N–H and O–H groups in total. The van der Waals surface area contributed by atoms with Gasteiger partial charge in [-0.3, -0.25) is 48.1 Å². The number of aldehydes is 1. The van der Waals surface area contributed by atoms with Crippen molar-refractivity contribution in [2.75, 3.05) is 26.9 Å². The fourth-order valence-corrected chi connectivity index (χ4v) is 8.95. The average Bonchev–Trinajstić information content (AvgIpc) is 3.27. The van der Waals surface area contributed by atoms with Crippen molar-refractivity contribution in [3.05, 3.63) is 52.1 Å². The number of methoxy groups -OCH3 is 1. The van der Waals surface area contributed by atoms with Crippen molar-refractivity contribution >= 4 is 54.0 Å². The summed E-state index contributed by atoms with van der Waals surface area (Å²) in [5, 5.41) is 0. The van der Waals surface area contributed by atoms with E-state index in [0.717, 1.165) is 72.1 Å². The molecule has 0 aliphatic carbocycles. The lowest BCUT2D eigenvalue weighted by molar-refractivity contribution is -0.288. The number of fused-ring (bicyclic) bond motifs is 4. The number of benzene rings is 2. The molecule has 2 saturated heterocycles. The van der Waals surface area contributed by atoms with Gasteiger partial charge in [0.15, 0.2) is 42.2 Å². The SMILES string of the molecule is COc1ccc2c(c1OC1OC(COC(C)=O)C(OC(C)=O)C(OC(C)=O)C1OC(C)=O)CN1CCc3cc(C=O)c(OC4OC(COC(C)=O)C(OC(C)=O)C(OC(C)=O)C4OC(C)=O)cc3[C@@H]1C2. The van der Waals surface area contributed by atoms with Gasteiger partial charge < -0.3 is 61.6 Å². The van der Waals surface area contributed by atoms with Crippen molar-refractivity contribution < 1.29 is 105 Å². The molecule has 2 fully saturated rings. The van der Waals surface area contributed by atoms with Gasteiger partial charge >= 0.3 is 47.8 Å². The van der Waals surface area contributed by atoms with E-state index in [0.29, 0.717) is 31.2 Å². The number of nitrogens with zero attached hydrogens (tertiary/aromatic N) is 1. The number of carbonyl (C=O) groups excluding carboxylic acids is 9. The summed E-state index contributed by atoms with van der Waals surface area (Å²) in [7, 11) is 1.42. The van der Waals surface area contributed by atoms with Crippen LogP contribution in [0.15, 0.2) is 24.3 Å². The van der Waals surface area contributed by atoms with Gasteiger partial charge in [0, 0.05) is 80.1 Å². The zero-order chi connectivity index (χ0) is 51.1. The van der Waals surface area contributed by atoms with Crippen molar-refractivity contribution in [3.8, 4) is 17.2 Å². The summed E-state index contributed by atoms with van der Waals surface area (Å²) in [6.07, 6.45) is -13.3. The summed E-state index contributed by atoms with van der Waals surface area (Å²) in [4.78, 5) is 113. The number of rotatable bonds is 16. The first-order chi connectivity index (χ1) is 33.2. The van der Waals surface area contributed by atoms with Crippen molar-refractivity contribution in [2.45, 2.75) is 142 Å². The van der Waals surface area contributed by atoms with Crippen molar-refractivity contribution in [1.82, 2.24) is 4.90 Å². The molecule has 0 radical (unpaired) electrons. The van der Waals surface area contributed by atoms with Crippen LogP contribution in [-0.2, 0) is 105 Å². The molecule has 23 heteroatoms. The number of hydrogen-bond acceptors (Lipinski definition) is 23. The first kappa shape index (κ1) is 52.5. The van der Waals surface area contributed by atoms with Gasteiger partial charge in [0.25, 0.3) is 0 Å². The third-order valence-corrected chi connectivity index (χ3v) is 11.6. The van der Waals surface area contributed by atoms with E-state index in [1.54, 1.807) is 18.2 Å². The highest BCUT2D eigenvalue weighted by molar-refractivity contribution is 5.80. The molecule has 0 bridgehead atoms. The molecule has 0 amide bonds. The number of carbonyl (C=O) groups is 9. The highest BCUT2D eigenvalue weighted by atomic mass is 16.8. The molecule has 10 unspecified atom stereocenters. The molecule has 0 spiro atoms. The van der Waals surface area contributed by atoms with Crippen LogP contribution in [0.25, 0.3) is 0 Å². The van der Waals surface area contributed by atoms with E-state index in [2.05, 4.69) is 4.90 Å². The minimum absolute atomic E-state index is 0.00953. The summed E-state index contributed by atoms with van der Waals surface area (Å²) >= 11 is 0. The highest BCUT2D eigenvalue weighted by Gasteiger charge is 2.55. The van der Waals surface area contributed by atoms with Gasteiger partial charge in [-0.05, 0) is 47.7 Å². The molecule has 4 heterocycles. The van der Waals surface area contributed by atoms with Gasteiger partial charge in [-0.15, -0.1) is 0 Å². The number of ether oxygens (including phenoxy) is 13. The summed E-state index contributed by atoms with van der Waals surface area (Å²) in [6, 6.07) is 6.49. The Labute approximate surface area is 401 Å². The molecular formula is C47H55NO22. The molecule has 0 saturated carbocycles. The molecule has 380 valence electrons. The van der Waals surface area contributed by atoms with Gasteiger partial charge in [-0.1, -0.05) is 6.07 Å². The Balaban J connectivity index is 1.37. The van der Waals surface area contributed by atoms with Gasteiger partial charge in [0.1, 0.15) is 31.2 Å². The van der Waals surface area contributed by atoms with Crippen LogP contribution in [0.2, 0.25) is 0 Å². The summed E-state index contributed by atoms with van der Waals surface area (Å²) in [6.45, 7) is 8.68. The van der Waals surface area contributed by atoms with Gasteiger partial charge in [-0.25, -0.2) is 0 Å². The van der Waals surface area contributed by atoms with E-state index in [-0.39, 0.29) is 35.4 Å². The van der Waals surface area contributed by atoms with Crippen LogP contribution < -0.4 is 14.2 Å². The van der Waals surface area contributed by atoms with Crippen LogP contribution in [0.3, 0.4) is 0 Å². The zero-order valence-corrected chi connectivity index (χ0v) is 39.9. The lowest BCUT2D eigenvalue weighted by Crippen LogP contribution is -2.63. The lowest BCUT2D eigenvalue weighted by atomic mass is 9.83. The molecule has 70 heavy (non-hydrogen) atoms. The van der Waals surface area contributed by atoms with Crippen LogP contribution in [0.4, 0.5) is 0 Å². The van der Waals surface area contributed by atoms with Crippen LogP contribution in [0.1, 0.15) is 94.0 Å². The Kier molecular flexibility index (Phi) is 17.0. The van der Waals surface area contributed by atoms with E-state index < -0.39 is 122 Å². The molecule has 23 nitrogen and oxygen atoms in total. The molecule has 0 aromatic heterocycles. The Morgan fingerprint density at radius 3 is 1.51 bits per heavy atom. The van der Waals surface area contributed by atoms with E-state index in [4.69, 9.17) is 61.6 Å².